The SMILES string of the molecule is CCC1=[C-]C=CC1.[C-]1=CC=CCC1.[Ir]. The van der Waals surface area contributed by atoms with Gasteiger partial charge in [0, 0.05) is 20.1 Å². The van der Waals surface area contributed by atoms with Crippen LogP contribution in [0.1, 0.15) is 32.6 Å². The Labute approximate surface area is 101 Å². The molecule has 0 bridgehead atoms. The summed E-state index contributed by atoms with van der Waals surface area (Å²) >= 11 is 0. The third kappa shape index (κ3) is 6.12. The second-order valence-electron chi connectivity index (χ2n) is 3.05. The molecule has 0 unspecified atom stereocenters. The Balaban J connectivity index is 0.000000227. The van der Waals surface area contributed by atoms with Crippen LogP contribution in [-0.4, -0.2) is 0 Å². The van der Waals surface area contributed by atoms with E-state index in [4.69, 9.17) is 0 Å². The van der Waals surface area contributed by atoms with Crippen molar-refractivity contribution in [3.63, 3.8) is 0 Å². The van der Waals surface area contributed by atoms with Crippen molar-refractivity contribution in [3.8, 4) is 0 Å². The van der Waals surface area contributed by atoms with Crippen LogP contribution in [-0.2, 0) is 20.1 Å². The second-order valence-corrected chi connectivity index (χ2v) is 3.05. The molecular formula is C13H16Ir-2. The Morgan fingerprint density at radius 2 is 2.21 bits per heavy atom. The van der Waals surface area contributed by atoms with E-state index >= 15 is 0 Å². The van der Waals surface area contributed by atoms with Gasteiger partial charge in [-0.3, -0.25) is 12.2 Å². The summed E-state index contributed by atoms with van der Waals surface area (Å²) in [7, 11) is 0. The van der Waals surface area contributed by atoms with Gasteiger partial charge < -0.3 is 0 Å². The third-order valence-corrected chi connectivity index (χ3v) is 2.00. The fourth-order valence-corrected chi connectivity index (χ4v) is 1.17. The van der Waals surface area contributed by atoms with Crippen LogP contribution in [0.4, 0.5) is 0 Å². The van der Waals surface area contributed by atoms with Gasteiger partial charge in [0.15, 0.2) is 0 Å². The van der Waals surface area contributed by atoms with E-state index in [0.29, 0.717) is 0 Å². The minimum Gasteiger partial charge on any atom is -0.275 e. The summed E-state index contributed by atoms with van der Waals surface area (Å²) in [4.78, 5) is 0. The summed E-state index contributed by atoms with van der Waals surface area (Å²) in [5, 5.41) is 0. The van der Waals surface area contributed by atoms with Gasteiger partial charge in [0.2, 0.25) is 0 Å². The van der Waals surface area contributed by atoms with Crippen LogP contribution in [0.2, 0.25) is 0 Å². The van der Waals surface area contributed by atoms with E-state index in [9.17, 15) is 0 Å². The molecule has 0 aliphatic heterocycles. The van der Waals surface area contributed by atoms with Crippen LogP contribution in [0.15, 0.2) is 36.0 Å². The average molecular weight is 364 g/mol. The monoisotopic (exact) mass is 365 g/mol. The van der Waals surface area contributed by atoms with Gasteiger partial charge in [-0.25, -0.2) is 24.3 Å². The molecule has 2 aliphatic carbocycles. The van der Waals surface area contributed by atoms with Crippen molar-refractivity contribution in [3.05, 3.63) is 48.1 Å². The third-order valence-electron chi connectivity index (χ3n) is 2.00. The van der Waals surface area contributed by atoms with Crippen LogP contribution in [0.5, 0.6) is 0 Å². The van der Waals surface area contributed by atoms with Gasteiger partial charge in [-0.1, -0.05) is 26.2 Å². The molecule has 0 spiro atoms. The molecule has 2 aliphatic rings. The van der Waals surface area contributed by atoms with Crippen molar-refractivity contribution >= 4 is 0 Å². The Morgan fingerprint density at radius 3 is 2.43 bits per heavy atom. The summed E-state index contributed by atoms with van der Waals surface area (Å²) in [6, 6.07) is 0. The summed E-state index contributed by atoms with van der Waals surface area (Å²) < 4.78 is 0. The molecule has 14 heavy (non-hydrogen) atoms. The maximum atomic E-state index is 3.14. The first-order valence-electron chi connectivity index (χ1n) is 4.91. The molecule has 0 saturated heterocycles. The van der Waals surface area contributed by atoms with Gasteiger partial charge in [-0.15, -0.1) is 6.42 Å². The zero-order valence-electron chi connectivity index (χ0n) is 8.55. The molecule has 0 heterocycles. The molecule has 2 rings (SSSR count). The van der Waals surface area contributed by atoms with Gasteiger partial charge in [0.25, 0.3) is 0 Å². The molecule has 0 nitrogen and oxygen atoms in total. The molecule has 1 heteroatoms. The van der Waals surface area contributed by atoms with Crippen molar-refractivity contribution in [1.29, 1.82) is 0 Å². The summed E-state index contributed by atoms with van der Waals surface area (Å²) in [5.41, 5.74) is 1.43. The normalized spacial score (nSPS) is 16.8. The molecule has 1 radical (unpaired) electrons. The molecule has 0 aromatic carbocycles. The van der Waals surface area contributed by atoms with E-state index < -0.39 is 0 Å². The van der Waals surface area contributed by atoms with Crippen LogP contribution in [0, 0.1) is 12.2 Å². The predicted molar refractivity (Wildman–Crippen MR) is 57.0 cm³/mol. The van der Waals surface area contributed by atoms with Gasteiger partial charge in [0.1, 0.15) is 0 Å². The van der Waals surface area contributed by atoms with Crippen LogP contribution in [0.3, 0.4) is 0 Å². The zero-order chi connectivity index (χ0) is 9.36. The van der Waals surface area contributed by atoms with Crippen molar-refractivity contribution < 1.29 is 20.1 Å². The van der Waals surface area contributed by atoms with E-state index in [2.05, 4.69) is 31.2 Å². The first-order chi connectivity index (χ1) is 6.43. The summed E-state index contributed by atoms with van der Waals surface area (Å²) in [5.74, 6) is 0. The summed E-state index contributed by atoms with van der Waals surface area (Å²) in [6.45, 7) is 2.16. The molecule has 0 aromatic heterocycles. The van der Waals surface area contributed by atoms with Crippen LogP contribution in [0.25, 0.3) is 0 Å². The van der Waals surface area contributed by atoms with Crippen molar-refractivity contribution in [1.82, 2.24) is 0 Å². The van der Waals surface area contributed by atoms with E-state index in [0.717, 1.165) is 19.3 Å². The fourth-order valence-electron chi connectivity index (χ4n) is 1.17. The maximum Gasteiger partial charge on any atom is 0 e. The number of hydrogen-bond donors (Lipinski definition) is 0. The topological polar surface area (TPSA) is 0 Å². The number of allylic oxidation sites excluding steroid dienone is 8. The van der Waals surface area contributed by atoms with Crippen molar-refractivity contribution in [2.45, 2.75) is 32.6 Å². The number of hydrogen-bond acceptors (Lipinski definition) is 0. The van der Waals surface area contributed by atoms with Crippen molar-refractivity contribution in [2.24, 2.45) is 0 Å². The molecular weight excluding hydrogens is 348 g/mol. The Morgan fingerprint density at radius 1 is 1.36 bits per heavy atom. The molecule has 0 amide bonds. The maximum absolute atomic E-state index is 3.14. The largest absolute Gasteiger partial charge is 0.275 e. The van der Waals surface area contributed by atoms with Crippen LogP contribution >= 0.6 is 0 Å². The number of rotatable bonds is 1. The van der Waals surface area contributed by atoms with Crippen molar-refractivity contribution in [2.75, 3.05) is 0 Å². The molecule has 0 aromatic rings. The fraction of sp³-hybridized carbons (Fsp3) is 0.385. The first kappa shape index (κ1) is 13.6. The van der Waals surface area contributed by atoms with E-state index in [1.165, 1.54) is 12.0 Å². The molecule has 0 saturated carbocycles. The second kappa shape index (κ2) is 9.18. The predicted octanol–water partition coefficient (Wildman–Crippen LogP) is 3.78. The molecule has 79 valence electrons. The molecule has 0 fully saturated rings. The van der Waals surface area contributed by atoms with Gasteiger partial charge in [-0.05, 0) is 0 Å². The first-order valence-corrected chi connectivity index (χ1v) is 4.91. The van der Waals surface area contributed by atoms with E-state index in [-0.39, 0.29) is 20.1 Å². The van der Waals surface area contributed by atoms with E-state index in [1.54, 1.807) is 0 Å². The standard InChI is InChI=1S/C7H9.C6H7.Ir/c1-2-7-5-3-4-6-7;1-2-4-6-5-3-1;/h3-4H,2,5H2,1H3;1-3H,4,6H2;/q2*-1;. The van der Waals surface area contributed by atoms with Gasteiger partial charge >= 0.3 is 0 Å². The Kier molecular flexibility index (Phi) is 8.92. The Hall–Kier alpha value is -0.391. The quantitative estimate of drug-likeness (QED) is 0.621. The molecule has 0 N–H and O–H groups in total. The van der Waals surface area contributed by atoms with Gasteiger partial charge in [-0.2, -0.15) is 11.6 Å². The Bertz CT molecular complexity index is 232. The minimum absolute atomic E-state index is 0. The molecule has 0 atom stereocenters. The minimum atomic E-state index is 0. The van der Waals surface area contributed by atoms with Crippen LogP contribution < -0.4 is 0 Å². The summed E-state index contributed by atoms with van der Waals surface area (Å²) in [6.07, 6.45) is 21.1. The van der Waals surface area contributed by atoms with Gasteiger partial charge in [0.05, 0.1) is 0 Å². The average Bonchev–Trinajstić information content (AvgIpc) is 2.74. The zero-order valence-corrected chi connectivity index (χ0v) is 10.9. The van der Waals surface area contributed by atoms with E-state index in [1.807, 2.05) is 18.2 Å². The smallest absolute Gasteiger partial charge is 0 e.